The Hall–Kier alpha value is -0.980. The highest BCUT2D eigenvalue weighted by Crippen LogP contribution is 2.27. The van der Waals surface area contributed by atoms with Crippen LogP contribution in [0.25, 0.3) is 10.1 Å². The fourth-order valence-electron chi connectivity index (χ4n) is 1.07. The first-order valence-corrected chi connectivity index (χ1v) is 5.85. The molecule has 0 aliphatic heterocycles. The van der Waals surface area contributed by atoms with Gasteiger partial charge in [-0.2, -0.15) is 0 Å². The van der Waals surface area contributed by atoms with Gasteiger partial charge in [0.15, 0.2) is 0 Å². The van der Waals surface area contributed by atoms with Crippen LogP contribution in [0, 0.1) is 0 Å². The van der Waals surface area contributed by atoms with Crippen molar-refractivity contribution in [1.29, 1.82) is 0 Å². The van der Waals surface area contributed by atoms with Gasteiger partial charge >= 0.3 is 0 Å². The van der Waals surface area contributed by atoms with Gasteiger partial charge in [0.2, 0.25) is 10.0 Å². The third kappa shape index (κ3) is 1.43. The van der Waals surface area contributed by atoms with Crippen LogP contribution >= 0.6 is 11.3 Å². The molecular weight excluding hydrogens is 208 g/mol. The summed E-state index contributed by atoms with van der Waals surface area (Å²) in [5.74, 6) is 0. The molecule has 0 aromatic carbocycles. The van der Waals surface area contributed by atoms with Crippen molar-refractivity contribution >= 4 is 31.4 Å². The van der Waals surface area contributed by atoms with Gasteiger partial charge in [-0.1, -0.05) is 0 Å². The molecule has 2 aromatic rings. The number of primary sulfonamides is 1. The van der Waals surface area contributed by atoms with Crippen LogP contribution < -0.4 is 5.14 Å². The molecule has 4 nitrogen and oxygen atoms in total. The molecule has 6 heteroatoms. The molecule has 0 spiro atoms. The second-order valence-electron chi connectivity index (χ2n) is 2.52. The van der Waals surface area contributed by atoms with E-state index < -0.39 is 10.0 Å². The second kappa shape index (κ2) is 2.76. The van der Waals surface area contributed by atoms with E-state index in [1.165, 1.54) is 22.9 Å². The molecule has 0 atom stereocenters. The van der Waals surface area contributed by atoms with Gasteiger partial charge in [-0.25, -0.2) is 13.6 Å². The molecule has 0 aliphatic carbocycles. The van der Waals surface area contributed by atoms with E-state index in [1.54, 1.807) is 12.3 Å². The van der Waals surface area contributed by atoms with Crippen LogP contribution in [0.4, 0.5) is 0 Å². The third-order valence-electron chi connectivity index (χ3n) is 1.65. The number of thiophene rings is 1. The van der Waals surface area contributed by atoms with Crippen LogP contribution in [0.2, 0.25) is 0 Å². The molecular formula is C7H6N2O2S2. The molecule has 2 heterocycles. The van der Waals surface area contributed by atoms with Crippen LogP contribution in [0.15, 0.2) is 28.7 Å². The average molecular weight is 214 g/mol. The van der Waals surface area contributed by atoms with E-state index in [4.69, 9.17) is 5.14 Å². The number of rotatable bonds is 1. The first-order chi connectivity index (χ1) is 6.09. The fraction of sp³-hybridized carbons (Fsp3) is 0. The van der Waals surface area contributed by atoms with Gasteiger partial charge in [0.25, 0.3) is 0 Å². The highest BCUT2D eigenvalue weighted by molar-refractivity contribution is 7.89. The SMILES string of the molecule is NS(=O)(=O)c1csc2ccncc12. The molecule has 0 saturated heterocycles. The lowest BCUT2D eigenvalue weighted by Gasteiger charge is -1.93. The van der Waals surface area contributed by atoms with Gasteiger partial charge in [0.05, 0.1) is 0 Å². The number of nitrogens with zero attached hydrogens (tertiary/aromatic N) is 1. The summed E-state index contributed by atoms with van der Waals surface area (Å²) in [6.45, 7) is 0. The number of aromatic nitrogens is 1. The smallest absolute Gasteiger partial charge is 0.239 e. The Morgan fingerprint density at radius 2 is 2.23 bits per heavy atom. The van der Waals surface area contributed by atoms with Gasteiger partial charge in [0, 0.05) is 27.9 Å². The van der Waals surface area contributed by atoms with Gasteiger partial charge in [0.1, 0.15) is 4.90 Å². The highest BCUT2D eigenvalue weighted by atomic mass is 32.2. The summed E-state index contributed by atoms with van der Waals surface area (Å²) < 4.78 is 23.0. The minimum absolute atomic E-state index is 0.153. The van der Waals surface area contributed by atoms with Crippen molar-refractivity contribution in [3.05, 3.63) is 23.8 Å². The minimum atomic E-state index is -3.62. The standard InChI is InChI=1S/C7H6N2O2S2/c8-13(10,11)7-4-12-6-1-2-9-3-5(6)7/h1-4H,(H2,8,10,11). The van der Waals surface area contributed by atoms with Crippen molar-refractivity contribution in [2.75, 3.05) is 0 Å². The van der Waals surface area contributed by atoms with Crippen molar-refractivity contribution in [3.8, 4) is 0 Å². The molecule has 0 unspecified atom stereocenters. The van der Waals surface area contributed by atoms with Gasteiger partial charge in [-0.15, -0.1) is 11.3 Å². The van der Waals surface area contributed by atoms with Crippen LogP contribution in [0.1, 0.15) is 0 Å². The summed E-state index contributed by atoms with van der Waals surface area (Å²) in [5, 5.41) is 7.14. The summed E-state index contributed by atoms with van der Waals surface area (Å²) >= 11 is 1.34. The maximum Gasteiger partial charge on any atom is 0.239 e. The van der Waals surface area contributed by atoms with E-state index >= 15 is 0 Å². The summed E-state index contributed by atoms with van der Waals surface area (Å²) in [5.41, 5.74) is 0. The maximum atomic E-state index is 11.1. The Labute approximate surface area is 79.1 Å². The predicted octanol–water partition coefficient (Wildman–Crippen LogP) is 0.944. The molecule has 68 valence electrons. The first-order valence-electron chi connectivity index (χ1n) is 3.43. The number of pyridine rings is 1. The van der Waals surface area contributed by atoms with Crippen molar-refractivity contribution in [1.82, 2.24) is 4.98 Å². The van der Waals surface area contributed by atoms with E-state index in [-0.39, 0.29) is 4.90 Å². The van der Waals surface area contributed by atoms with Crippen molar-refractivity contribution in [2.45, 2.75) is 4.90 Å². The Morgan fingerprint density at radius 3 is 2.92 bits per heavy atom. The molecule has 0 aliphatic rings. The number of nitrogens with two attached hydrogens (primary N) is 1. The largest absolute Gasteiger partial charge is 0.264 e. The Bertz CT molecular complexity index is 544. The van der Waals surface area contributed by atoms with E-state index in [1.807, 2.05) is 0 Å². The number of fused-ring (bicyclic) bond motifs is 1. The predicted molar refractivity (Wildman–Crippen MR) is 51.0 cm³/mol. The zero-order valence-electron chi connectivity index (χ0n) is 6.47. The van der Waals surface area contributed by atoms with Gasteiger partial charge in [-0.05, 0) is 6.07 Å². The van der Waals surface area contributed by atoms with Crippen LogP contribution in [-0.2, 0) is 10.0 Å². The molecule has 0 amide bonds. The molecule has 2 aromatic heterocycles. The molecule has 2 N–H and O–H groups in total. The van der Waals surface area contributed by atoms with E-state index in [9.17, 15) is 8.42 Å². The monoisotopic (exact) mass is 214 g/mol. The van der Waals surface area contributed by atoms with Crippen molar-refractivity contribution in [2.24, 2.45) is 5.14 Å². The fourth-order valence-corrected chi connectivity index (χ4v) is 3.07. The molecule has 13 heavy (non-hydrogen) atoms. The number of hydrogen-bond acceptors (Lipinski definition) is 4. The quantitative estimate of drug-likeness (QED) is 0.767. The maximum absolute atomic E-state index is 11.1. The average Bonchev–Trinajstić information content (AvgIpc) is 2.45. The summed E-state index contributed by atoms with van der Waals surface area (Å²) in [6.07, 6.45) is 3.12. The molecule has 0 radical (unpaired) electrons. The summed E-state index contributed by atoms with van der Waals surface area (Å²) in [7, 11) is -3.62. The Kier molecular flexibility index (Phi) is 1.83. The lowest BCUT2D eigenvalue weighted by Crippen LogP contribution is -2.11. The van der Waals surface area contributed by atoms with Crippen LogP contribution in [0.5, 0.6) is 0 Å². The molecule has 0 bridgehead atoms. The Morgan fingerprint density at radius 1 is 1.46 bits per heavy atom. The summed E-state index contributed by atoms with van der Waals surface area (Å²) in [6, 6.07) is 1.76. The normalized spacial score (nSPS) is 12.1. The number of hydrogen-bond donors (Lipinski definition) is 1. The molecule has 0 fully saturated rings. The van der Waals surface area contributed by atoms with Gasteiger partial charge < -0.3 is 0 Å². The zero-order valence-corrected chi connectivity index (χ0v) is 8.10. The number of sulfonamides is 1. The summed E-state index contributed by atoms with van der Waals surface area (Å²) in [4.78, 5) is 4.00. The van der Waals surface area contributed by atoms with E-state index in [0.717, 1.165) is 4.70 Å². The van der Waals surface area contributed by atoms with Gasteiger partial charge in [-0.3, -0.25) is 4.98 Å². The third-order valence-corrected chi connectivity index (χ3v) is 3.71. The van der Waals surface area contributed by atoms with Crippen LogP contribution in [-0.4, -0.2) is 13.4 Å². The van der Waals surface area contributed by atoms with Crippen molar-refractivity contribution in [3.63, 3.8) is 0 Å². The minimum Gasteiger partial charge on any atom is -0.264 e. The lowest BCUT2D eigenvalue weighted by molar-refractivity contribution is 0.599. The van der Waals surface area contributed by atoms with Crippen LogP contribution in [0.3, 0.4) is 0 Å². The van der Waals surface area contributed by atoms with Crippen molar-refractivity contribution < 1.29 is 8.42 Å². The topological polar surface area (TPSA) is 73.1 Å². The molecule has 0 saturated carbocycles. The van der Waals surface area contributed by atoms with E-state index in [0.29, 0.717) is 5.39 Å². The highest BCUT2D eigenvalue weighted by Gasteiger charge is 2.13. The Balaban J connectivity index is 2.87. The van der Waals surface area contributed by atoms with E-state index in [2.05, 4.69) is 4.98 Å². The zero-order chi connectivity index (χ0) is 9.47. The lowest BCUT2D eigenvalue weighted by atomic mass is 10.3. The molecule has 2 rings (SSSR count). The second-order valence-corrected chi connectivity index (χ2v) is 4.96. The first kappa shape index (κ1) is 8.61.